The van der Waals surface area contributed by atoms with E-state index in [0.717, 1.165) is 55.3 Å². The molecule has 29 heavy (non-hydrogen) atoms. The van der Waals surface area contributed by atoms with Crippen LogP contribution < -0.4 is 10.6 Å². The Hall–Kier alpha value is -2.22. The summed E-state index contributed by atoms with van der Waals surface area (Å²) >= 11 is 0. The Morgan fingerprint density at radius 1 is 1.17 bits per heavy atom. The van der Waals surface area contributed by atoms with E-state index in [2.05, 4.69) is 26.8 Å². The Bertz CT molecular complexity index is 808. The predicted molar refractivity (Wildman–Crippen MR) is 110 cm³/mol. The molecule has 2 aliphatic heterocycles. The second kappa shape index (κ2) is 9.07. The van der Waals surface area contributed by atoms with Crippen LogP contribution >= 0.6 is 0 Å². The van der Waals surface area contributed by atoms with E-state index >= 15 is 0 Å². The number of carbonyl (C=O) groups excluding carboxylic acids is 1. The Balaban J connectivity index is 1.30. The average Bonchev–Trinajstić information content (AvgIpc) is 3.12. The first-order valence-corrected chi connectivity index (χ1v) is 10.5. The van der Waals surface area contributed by atoms with Gasteiger partial charge in [-0.25, -0.2) is 0 Å². The lowest BCUT2D eigenvalue weighted by atomic mass is 9.91. The molecule has 2 fully saturated rings. The Morgan fingerprint density at radius 3 is 2.59 bits per heavy atom. The highest BCUT2D eigenvalue weighted by atomic mass is 16.5. The molecule has 0 atom stereocenters. The molecule has 2 aromatic rings. The van der Waals surface area contributed by atoms with Gasteiger partial charge in [-0.05, 0) is 43.6 Å². The van der Waals surface area contributed by atoms with Crippen LogP contribution in [0.3, 0.4) is 0 Å². The van der Waals surface area contributed by atoms with E-state index in [1.165, 1.54) is 26.2 Å². The van der Waals surface area contributed by atoms with Gasteiger partial charge in [0.2, 0.25) is 5.91 Å². The number of hydrogen-bond donors (Lipinski definition) is 2. The lowest BCUT2D eigenvalue weighted by molar-refractivity contribution is -0.114. The van der Waals surface area contributed by atoms with Crippen LogP contribution in [-0.2, 0) is 29.0 Å². The van der Waals surface area contributed by atoms with Crippen molar-refractivity contribution < 1.29 is 14.1 Å². The number of nitrogens with one attached hydrogen (secondary N) is 2. The third kappa shape index (κ3) is 5.44. The number of rotatable bonds is 8. The third-order valence-corrected chi connectivity index (χ3v) is 5.65. The van der Waals surface area contributed by atoms with Crippen LogP contribution in [0, 0.1) is 0 Å². The molecule has 0 spiro atoms. The van der Waals surface area contributed by atoms with Crippen LogP contribution in [0.15, 0.2) is 34.9 Å². The van der Waals surface area contributed by atoms with Gasteiger partial charge in [0, 0.05) is 31.6 Å². The molecule has 2 saturated heterocycles. The van der Waals surface area contributed by atoms with E-state index in [1.54, 1.807) is 0 Å². The molecule has 156 valence electrons. The second-order valence-electron chi connectivity index (χ2n) is 8.30. The normalized spacial score (nSPS) is 18.9. The maximum Gasteiger partial charge on any atom is 0.221 e. The summed E-state index contributed by atoms with van der Waals surface area (Å²) < 4.78 is 11.1. The van der Waals surface area contributed by atoms with Gasteiger partial charge in [0.15, 0.2) is 5.76 Å². The average molecular weight is 399 g/mol. The Kier molecular flexibility index (Phi) is 6.28. The fraction of sp³-hybridized carbons (Fsp3) is 0.545. The second-order valence-corrected chi connectivity index (χ2v) is 8.30. The van der Waals surface area contributed by atoms with Crippen molar-refractivity contribution in [3.63, 3.8) is 0 Å². The molecule has 0 unspecified atom stereocenters. The summed E-state index contributed by atoms with van der Waals surface area (Å²) in [5.74, 6) is 0.888. The molecule has 0 radical (unpaired) electrons. The van der Waals surface area contributed by atoms with Gasteiger partial charge in [0.25, 0.3) is 0 Å². The van der Waals surface area contributed by atoms with Crippen LogP contribution in [0.2, 0.25) is 0 Å². The molecule has 1 aromatic heterocycles. The zero-order valence-corrected chi connectivity index (χ0v) is 17.1. The molecule has 1 aromatic carbocycles. The van der Waals surface area contributed by atoms with Crippen molar-refractivity contribution in [2.45, 2.75) is 51.2 Å². The van der Waals surface area contributed by atoms with Gasteiger partial charge in [-0.2, -0.15) is 0 Å². The number of anilines is 1. The van der Waals surface area contributed by atoms with Crippen LogP contribution in [-0.4, -0.2) is 47.8 Å². The number of likely N-dealkylation sites (tertiary alicyclic amines) is 1. The van der Waals surface area contributed by atoms with E-state index in [4.69, 9.17) is 9.26 Å². The molecule has 1 amide bonds. The Morgan fingerprint density at radius 2 is 1.93 bits per heavy atom. The minimum Gasteiger partial charge on any atom is -0.377 e. The van der Waals surface area contributed by atoms with Crippen LogP contribution in [0.4, 0.5) is 5.69 Å². The smallest absolute Gasteiger partial charge is 0.221 e. The van der Waals surface area contributed by atoms with Crippen molar-refractivity contribution in [2.24, 2.45) is 0 Å². The van der Waals surface area contributed by atoms with E-state index < -0.39 is 0 Å². The number of hydrogen-bond acceptors (Lipinski definition) is 6. The zero-order valence-electron chi connectivity index (χ0n) is 17.1. The molecule has 3 heterocycles. The summed E-state index contributed by atoms with van der Waals surface area (Å²) in [7, 11) is 0. The number of aromatic nitrogens is 1. The number of carbonyl (C=O) groups is 1. The fourth-order valence-corrected chi connectivity index (χ4v) is 4.01. The maximum absolute atomic E-state index is 11.1. The highest BCUT2D eigenvalue weighted by Crippen LogP contribution is 2.24. The fourth-order valence-electron chi connectivity index (χ4n) is 4.01. The van der Waals surface area contributed by atoms with Crippen LogP contribution in [0.5, 0.6) is 0 Å². The first-order chi connectivity index (χ1) is 14.1. The first kappa shape index (κ1) is 20.1. The number of ether oxygens (including phenoxy) is 1. The quantitative estimate of drug-likeness (QED) is 0.712. The topological polar surface area (TPSA) is 79.6 Å². The Labute approximate surface area is 171 Å². The third-order valence-electron chi connectivity index (χ3n) is 5.65. The zero-order chi connectivity index (χ0) is 20.1. The van der Waals surface area contributed by atoms with Gasteiger partial charge in [-0.3, -0.25) is 9.69 Å². The molecular formula is C22H30N4O3. The van der Waals surface area contributed by atoms with Gasteiger partial charge in [0.05, 0.1) is 31.0 Å². The standard InChI is InChI=1S/C22H30N4O3/c1-17(27)24-19-7-5-18(6-8-19)13-23-22(15-28-16-22)12-20-11-21(29-25-20)14-26-9-3-2-4-10-26/h5-8,11,23H,2-4,9-10,12-16H2,1H3,(H,24,27). The van der Waals surface area contributed by atoms with Gasteiger partial charge >= 0.3 is 0 Å². The molecule has 0 bridgehead atoms. The molecular weight excluding hydrogens is 368 g/mol. The molecule has 7 nitrogen and oxygen atoms in total. The number of piperidine rings is 1. The van der Waals surface area contributed by atoms with E-state index in [-0.39, 0.29) is 11.4 Å². The summed E-state index contributed by atoms with van der Waals surface area (Å²) in [6.45, 7) is 6.74. The molecule has 2 N–H and O–H groups in total. The van der Waals surface area contributed by atoms with Crippen LogP contribution in [0.25, 0.3) is 0 Å². The predicted octanol–water partition coefficient (Wildman–Crippen LogP) is 2.72. The summed E-state index contributed by atoms with van der Waals surface area (Å²) in [5.41, 5.74) is 2.85. The van der Waals surface area contributed by atoms with Gasteiger partial charge < -0.3 is 19.9 Å². The summed E-state index contributed by atoms with van der Waals surface area (Å²) in [6, 6.07) is 9.99. The molecule has 2 aliphatic rings. The van der Waals surface area contributed by atoms with Crippen molar-refractivity contribution in [1.82, 2.24) is 15.4 Å². The highest BCUT2D eigenvalue weighted by molar-refractivity contribution is 5.88. The minimum absolute atomic E-state index is 0.0614. The maximum atomic E-state index is 11.1. The molecule has 4 rings (SSSR count). The number of nitrogens with zero attached hydrogens (tertiary/aromatic N) is 2. The monoisotopic (exact) mass is 398 g/mol. The van der Waals surface area contributed by atoms with Crippen molar-refractivity contribution in [1.29, 1.82) is 0 Å². The number of benzene rings is 1. The highest BCUT2D eigenvalue weighted by Gasteiger charge is 2.39. The van der Waals surface area contributed by atoms with Gasteiger partial charge in [-0.15, -0.1) is 0 Å². The van der Waals surface area contributed by atoms with Crippen LogP contribution in [0.1, 0.15) is 43.2 Å². The van der Waals surface area contributed by atoms with Gasteiger partial charge in [-0.1, -0.05) is 23.7 Å². The van der Waals surface area contributed by atoms with Crippen molar-refractivity contribution in [3.05, 3.63) is 47.3 Å². The molecule has 0 aliphatic carbocycles. The lowest BCUT2D eigenvalue weighted by Crippen LogP contribution is -2.61. The lowest BCUT2D eigenvalue weighted by Gasteiger charge is -2.42. The number of amides is 1. The van der Waals surface area contributed by atoms with Crippen molar-refractivity contribution in [3.8, 4) is 0 Å². The SMILES string of the molecule is CC(=O)Nc1ccc(CNC2(Cc3cc(CN4CCCCC4)on3)COC2)cc1. The van der Waals surface area contributed by atoms with E-state index in [9.17, 15) is 4.79 Å². The summed E-state index contributed by atoms with van der Waals surface area (Å²) in [5, 5.41) is 10.7. The summed E-state index contributed by atoms with van der Waals surface area (Å²) in [4.78, 5) is 13.6. The van der Waals surface area contributed by atoms with Crippen molar-refractivity contribution in [2.75, 3.05) is 31.6 Å². The van der Waals surface area contributed by atoms with E-state index in [0.29, 0.717) is 13.2 Å². The van der Waals surface area contributed by atoms with Crippen molar-refractivity contribution >= 4 is 11.6 Å². The summed E-state index contributed by atoms with van der Waals surface area (Å²) in [6.07, 6.45) is 4.68. The minimum atomic E-state index is -0.102. The first-order valence-electron chi connectivity index (χ1n) is 10.5. The van der Waals surface area contributed by atoms with E-state index in [1.807, 2.05) is 24.3 Å². The molecule has 7 heteroatoms. The largest absolute Gasteiger partial charge is 0.377 e. The molecule has 0 saturated carbocycles. The van der Waals surface area contributed by atoms with Gasteiger partial charge in [0.1, 0.15) is 0 Å².